The molecule has 2 N–H and O–H groups in total. The molecule has 66 valence electrons. The molecule has 4 nitrogen and oxygen atoms in total. The Labute approximate surface area is 88.9 Å². The van der Waals surface area contributed by atoms with Crippen molar-refractivity contribution in [1.29, 1.82) is 0 Å². The standard InChI is InChI=1S/C8H7IN4/c9-7-5-8(10)12-13(7)6-1-3-11-4-2-6/h1-5H,(H2,10,12). The minimum absolute atomic E-state index is 0.529. The monoisotopic (exact) mass is 286 g/mol. The Balaban J connectivity index is 2.53. The SMILES string of the molecule is Nc1cc(I)n(-c2ccncc2)n1. The van der Waals surface area contributed by atoms with E-state index in [0.717, 1.165) is 9.39 Å². The summed E-state index contributed by atoms with van der Waals surface area (Å²) >= 11 is 2.18. The first-order chi connectivity index (χ1) is 6.27. The Morgan fingerprint density at radius 3 is 2.54 bits per heavy atom. The average molecular weight is 286 g/mol. The molecule has 0 saturated heterocycles. The van der Waals surface area contributed by atoms with Gasteiger partial charge in [0.25, 0.3) is 0 Å². The number of pyridine rings is 1. The van der Waals surface area contributed by atoms with Crippen molar-refractivity contribution in [3.8, 4) is 5.69 Å². The van der Waals surface area contributed by atoms with Crippen molar-refractivity contribution in [2.24, 2.45) is 0 Å². The minimum atomic E-state index is 0.529. The highest BCUT2D eigenvalue weighted by molar-refractivity contribution is 14.1. The van der Waals surface area contributed by atoms with Crippen LogP contribution in [0, 0.1) is 3.70 Å². The Hall–Kier alpha value is -1.11. The summed E-state index contributed by atoms with van der Waals surface area (Å²) in [4.78, 5) is 3.93. The largest absolute Gasteiger partial charge is 0.382 e. The molecule has 0 fully saturated rings. The number of aromatic nitrogens is 3. The Kier molecular flexibility index (Phi) is 2.17. The van der Waals surface area contributed by atoms with Gasteiger partial charge >= 0.3 is 0 Å². The minimum Gasteiger partial charge on any atom is -0.382 e. The van der Waals surface area contributed by atoms with Gasteiger partial charge < -0.3 is 5.73 Å². The van der Waals surface area contributed by atoms with Crippen molar-refractivity contribution in [1.82, 2.24) is 14.8 Å². The fourth-order valence-electron chi connectivity index (χ4n) is 1.04. The van der Waals surface area contributed by atoms with E-state index in [1.165, 1.54) is 0 Å². The van der Waals surface area contributed by atoms with Gasteiger partial charge in [0.15, 0.2) is 0 Å². The Morgan fingerprint density at radius 2 is 2.00 bits per heavy atom. The lowest BCUT2D eigenvalue weighted by atomic mass is 10.4. The maximum Gasteiger partial charge on any atom is 0.146 e. The second-order valence-corrected chi connectivity index (χ2v) is 3.61. The van der Waals surface area contributed by atoms with E-state index in [1.807, 2.05) is 18.2 Å². The molecule has 0 aromatic carbocycles. The summed E-state index contributed by atoms with van der Waals surface area (Å²) in [6.07, 6.45) is 3.45. The smallest absolute Gasteiger partial charge is 0.146 e. The predicted octanol–water partition coefficient (Wildman–Crippen LogP) is 1.45. The van der Waals surface area contributed by atoms with Gasteiger partial charge in [0, 0.05) is 18.5 Å². The summed E-state index contributed by atoms with van der Waals surface area (Å²) in [6, 6.07) is 5.59. The van der Waals surface area contributed by atoms with E-state index in [9.17, 15) is 0 Å². The number of nitrogens with two attached hydrogens (primary N) is 1. The van der Waals surface area contributed by atoms with Crippen molar-refractivity contribution in [2.45, 2.75) is 0 Å². The maximum absolute atomic E-state index is 5.56. The molecule has 0 spiro atoms. The van der Waals surface area contributed by atoms with E-state index >= 15 is 0 Å². The fourth-order valence-corrected chi connectivity index (χ4v) is 1.75. The van der Waals surface area contributed by atoms with Crippen LogP contribution in [0.15, 0.2) is 30.6 Å². The summed E-state index contributed by atoms with van der Waals surface area (Å²) in [7, 11) is 0. The number of anilines is 1. The van der Waals surface area contributed by atoms with Crippen molar-refractivity contribution in [3.05, 3.63) is 34.3 Å². The molecule has 5 heteroatoms. The van der Waals surface area contributed by atoms with Gasteiger partial charge in [0.1, 0.15) is 9.52 Å². The number of halogens is 1. The maximum atomic E-state index is 5.56. The van der Waals surface area contributed by atoms with Gasteiger partial charge in [0.2, 0.25) is 0 Å². The highest BCUT2D eigenvalue weighted by atomic mass is 127. The first kappa shape index (κ1) is 8.49. The van der Waals surface area contributed by atoms with Gasteiger partial charge in [-0.3, -0.25) is 4.98 Å². The van der Waals surface area contributed by atoms with Crippen LogP contribution in [-0.4, -0.2) is 14.8 Å². The topological polar surface area (TPSA) is 56.7 Å². The molecule has 2 aromatic heterocycles. The summed E-state index contributed by atoms with van der Waals surface area (Å²) in [5.41, 5.74) is 6.53. The number of hydrogen-bond donors (Lipinski definition) is 1. The molecule has 0 aliphatic rings. The molecule has 2 heterocycles. The van der Waals surface area contributed by atoms with Crippen molar-refractivity contribution in [3.63, 3.8) is 0 Å². The van der Waals surface area contributed by atoms with Crippen LogP contribution in [0.1, 0.15) is 0 Å². The van der Waals surface area contributed by atoms with Crippen LogP contribution in [0.25, 0.3) is 5.69 Å². The zero-order valence-electron chi connectivity index (χ0n) is 6.68. The molecule has 0 unspecified atom stereocenters. The highest BCUT2D eigenvalue weighted by Gasteiger charge is 2.03. The first-order valence-corrected chi connectivity index (χ1v) is 4.76. The van der Waals surface area contributed by atoms with Gasteiger partial charge in [-0.2, -0.15) is 0 Å². The van der Waals surface area contributed by atoms with Crippen molar-refractivity contribution >= 4 is 28.4 Å². The third-order valence-corrected chi connectivity index (χ3v) is 2.36. The van der Waals surface area contributed by atoms with E-state index in [1.54, 1.807) is 17.1 Å². The summed E-state index contributed by atoms with van der Waals surface area (Å²) in [5, 5.41) is 4.14. The van der Waals surface area contributed by atoms with Gasteiger partial charge in [0.05, 0.1) is 5.69 Å². The number of nitrogen functional groups attached to an aromatic ring is 1. The molecular formula is C8H7IN4. The molecule has 13 heavy (non-hydrogen) atoms. The predicted molar refractivity (Wildman–Crippen MR) is 58.5 cm³/mol. The normalized spacial score (nSPS) is 10.2. The van der Waals surface area contributed by atoms with Crippen LogP contribution in [-0.2, 0) is 0 Å². The second kappa shape index (κ2) is 3.33. The van der Waals surface area contributed by atoms with E-state index in [4.69, 9.17) is 5.73 Å². The molecule has 0 radical (unpaired) electrons. The molecule has 0 amide bonds. The molecule has 0 aliphatic heterocycles. The van der Waals surface area contributed by atoms with Crippen LogP contribution < -0.4 is 5.73 Å². The van der Waals surface area contributed by atoms with E-state index < -0.39 is 0 Å². The number of rotatable bonds is 1. The summed E-state index contributed by atoms with van der Waals surface area (Å²) < 4.78 is 2.76. The van der Waals surface area contributed by atoms with Crippen molar-refractivity contribution < 1.29 is 0 Å². The molecule has 2 rings (SSSR count). The van der Waals surface area contributed by atoms with Crippen LogP contribution in [0.4, 0.5) is 5.82 Å². The lowest BCUT2D eigenvalue weighted by molar-refractivity contribution is 0.861. The average Bonchev–Trinajstić information content (AvgIpc) is 2.47. The van der Waals surface area contributed by atoms with Crippen molar-refractivity contribution in [2.75, 3.05) is 5.73 Å². The molecule has 2 aromatic rings. The van der Waals surface area contributed by atoms with Gasteiger partial charge in [-0.15, -0.1) is 5.10 Å². The first-order valence-electron chi connectivity index (χ1n) is 3.69. The van der Waals surface area contributed by atoms with Gasteiger partial charge in [-0.1, -0.05) is 0 Å². The number of hydrogen-bond acceptors (Lipinski definition) is 3. The third kappa shape index (κ3) is 1.64. The summed E-state index contributed by atoms with van der Waals surface area (Å²) in [5.74, 6) is 0.529. The lowest BCUT2D eigenvalue weighted by Crippen LogP contribution is -1.99. The molecular weight excluding hydrogens is 279 g/mol. The second-order valence-electron chi connectivity index (χ2n) is 2.51. The third-order valence-electron chi connectivity index (χ3n) is 1.59. The van der Waals surface area contributed by atoms with Crippen LogP contribution >= 0.6 is 22.6 Å². The molecule has 0 atom stereocenters. The van der Waals surface area contributed by atoms with E-state index in [0.29, 0.717) is 5.82 Å². The van der Waals surface area contributed by atoms with Crippen LogP contribution in [0.3, 0.4) is 0 Å². The van der Waals surface area contributed by atoms with E-state index in [2.05, 4.69) is 32.7 Å². The molecule has 0 aliphatic carbocycles. The zero-order chi connectivity index (χ0) is 9.26. The molecule has 0 saturated carbocycles. The Morgan fingerprint density at radius 1 is 1.31 bits per heavy atom. The van der Waals surface area contributed by atoms with E-state index in [-0.39, 0.29) is 0 Å². The number of nitrogens with zero attached hydrogens (tertiary/aromatic N) is 3. The fraction of sp³-hybridized carbons (Fsp3) is 0. The van der Waals surface area contributed by atoms with Gasteiger partial charge in [-0.05, 0) is 34.7 Å². The van der Waals surface area contributed by atoms with Crippen LogP contribution in [0.2, 0.25) is 0 Å². The molecule has 0 bridgehead atoms. The van der Waals surface area contributed by atoms with Crippen LogP contribution in [0.5, 0.6) is 0 Å². The quantitative estimate of drug-likeness (QED) is 0.807. The lowest BCUT2D eigenvalue weighted by Gasteiger charge is -2.00. The summed E-state index contributed by atoms with van der Waals surface area (Å²) in [6.45, 7) is 0. The highest BCUT2D eigenvalue weighted by Crippen LogP contribution is 2.14. The zero-order valence-corrected chi connectivity index (χ0v) is 8.84. The van der Waals surface area contributed by atoms with Gasteiger partial charge in [-0.25, -0.2) is 4.68 Å². The Bertz CT molecular complexity index is 409.